The molecule has 7 nitrogen and oxygen atoms in total. The summed E-state index contributed by atoms with van der Waals surface area (Å²) >= 11 is 0. The molecule has 1 fully saturated rings. The number of nitrogens with zero attached hydrogens (tertiary/aromatic N) is 2. The van der Waals surface area contributed by atoms with Crippen LogP contribution >= 0.6 is 0 Å². The molecule has 8 heteroatoms. The lowest BCUT2D eigenvalue weighted by Crippen LogP contribution is -2.49. The first-order chi connectivity index (χ1) is 8.85. The van der Waals surface area contributed by atoms with Gasteiger partial charge in [0.25, 0.3) is 5.91 Å². The van der Waals surface area contributed by atoms with E-state index in [0.29, 0.717) is 18.8 Å². The van der Waals surface area contributed by atoms with Crippen LogP contribution in [0.3, 0.4) is 0 Å². The third-order valence-corrected chi connectivity index (χ3v) is 3.69. The van der Waals surface area contributed by atoms with Crippen LogP contribution in [-0.4, -0.2) is 49.8 Å². The topological polar surface area (TPSA) is 92.5 Å². The second kappa shape index (κ2) is 5.30. The van der Waals surface area contributed by atoms with E-state index in [1.807, 2.05) is 0 Å². The zero-order chi connectivity index (χ0) is 14.0. The molecule has 2 heterocycles. The Morgan fingerprint density at radius 1 is 1.58 bits per heavy atom. The van der Waals surface area contributed by atoms with E-state index in [4.69, 9.17) is 4.52 Å². The van der Waals surface area contributed by atoms with Crippen LogP contribution < -0.4 is 4.72 Å². The van der Waals surface area contributed by atoms with Gasteiger partial charge in [0.2, 0.25) is 15.8 Å². The van der Waals surface area contributed by atoms with Gasteiger partial charge in [-0.05, 0) is 19.8 Å². The maximum absolute atomic E-state index is 12.1. The van der Waals surface area contributed by atoms with Gasteiger partial charge in [-0.25, -0.2) is 13.1 Å². The Balaban J connectivity index is 2.03. The van der Waals surface area contributed by atoms with Gasteiger partial charge in [-0.15, -0.1) is 0 Å². The second-order valence-corrected chi connectivity index (χ2v) is 6.59. The third-order valence-electron chi connectivity index (χ3n) is 2.93. The first-order valence-electron chi connectivity index (χ1n) is 6.05. The molecule has 1 aromatic heterocycles. The van der Waals surface area contributed by atoms with Crippen molar-refractivity contribution in [1.82, 2.24) is 14.8 Å². The van der Waals surface area contributed by atoms with Crippen molar-refractivity contribution >= 4 is 15.9 Å². The minimum Gasteiger partial charge on any atom is -0.351 e. The van der Waals surface area contributed by atoms with Crippen LogP contribution in [-0.2, 0) is 10.0 Å². The average Bonchev–Trinajstić information content (AvgIpc) is 2.73. The summed E-state index contributed by atoms with van der Waals surface area (Å²) in [4.78, 5) is 13.7. The highest BCUT2D eigenvalue weighted by atomic mass is 32.2. The number of amides is 1. The van der Waals surface area contributed by atoms with E-state index >= 15 is 0 Å². The summed E-state index contributed by atoms with van der Waals surface area (Å²) in [6.07, 6.45) is 2.60. The Labute approximate surface area is 112 Å². The lowest BCUT2D eigenvalue weighted by Gasteiger charge is -2.32. The zero-order valence-electron chi connectivity index (χ0n) is 10.9. The van der Waals surface area contributed by atoms with E-state index in [9.17, 15) is 13.2 Å². The minimum absolute atomic E-state index is 0.192. The molecule has 0 saturated carbocycles. The van der Waals surface area contributed by atoms with Gasteiger partial charge >= 0.3 is 0 Å². The number of hydrogen-bond donors (Lipinski definition) is 1. The summed E-state index contributed by atoms with van der Waals surface area (Å²) < 4.78 is 29.9. The van der Waals surface area contributed by atoms with E-state index in [-0.39, 0.29) is 17.7 Å². The fraction of sp³-hybridized carbons (Fsp3) is 0.636. The summed E-state index contributed by atoms with van der Waals surface area (Å²) in [5.41, 5.74) is 0.645. The first kappa shape index (κ1) is 14.0. The van der Waals surface area contributed by atoms with Gasteiger partial charge in [-0.2, -0.15) is 0 Å². The van der Waals surface area contributed by atoms with Crippen LogP contribution in [0.4, 0.5) is 0 Å². The van der Waals surface area contributed by atoms with Crippen molar-refractivity contribution < 1.29 is 17.7 Å². The van der Waals surface area contributed by atoms with Gasteiger partial charge in [-0.1, -0.05) is 5.16 Å². The van der Waals surface area contributed by atoms with Crippen molar-refractivity contribution in [2.45, 2.75) is 25.8 Å². The molecule has 1 atom stereocenters. The van der Waals surface area contributed by atoms with E-state index < -0.39 is 10.0 Å². The van der Waals surface area contributed by atoms with Crippen LogP contribution in [0.2, 0.25) is 0 Å². The van der Waals surface area contributed by atoms with Crippen molar-refractivity contribution in [1.29, 1.82) is 0 Å². The molecule has 19 heavy (non-hydrogen) atoms. The van der Waals surface area contributed by atoms with Gasteiger partial charge < -0.3 is 9.42 Å². The zero-order valence-corrected chi connectivity index (χ0v) is 11.7. The molecular formula is C11H17N3O4S. The Morgan fingerprint density at radius 3 is 2.89 bits per heavy atom. The normalized spacial score (nSPS) is 20.5. The number of aromatic nitrogens is 1. The highest BCUT2D eigenvalue weighted by Crippen LogP contribution is 2.15. The monoisotopic (exact) mass is 287 g/mol. The number of hydrogen-bond acceptors (Lipinski definition) is 5. The molecule has 0 radical (unpaired) electrons. The minimum atomic E-state index is -3.26. The van der Waals surface area contributed by atoms with Crippen molar-refractivity contribution in [2.75, 3.05) is 19.3 Å². The SMILES string of the molecule is Cc1cc(C(=O)N2CCC[C@H](NS(C)(=O)=O)C2)on1. The molecule has 0 aromatic carbocycles. The van der Waals surface area contributed by atoms with Crippen LogP contribution in [0.5, 0.6) is 0 Å². The molecule has 106 valence electrons. The van der Waals surface area contributed by atoms with Gasteiger partial charge in [0, 0.05) is 25.2 Å². The molecule has 1 amide bonds. The van der Waals surface area contributed by atoms with E-state index in [0.717, 1.165) is 19.1 Å². The number of carbonyl (C=O) groups excluding carboxylic acids is 1. The van der Waals surface area contributed by atoms with Crippen LogP contribution in [0.25, 0.3) is 0 Å². The molecular weight excluding hydrogens is 270 g/mol. The number of sulfonamides is 1. The van der Waals surface area contributed by atoms with Crippen molar-refractivity contribution in [2.24, 2.45) is 0 Å². The van der Waals surface area contributed by atoms with Gasteiger partial charge in [0.15, 0.2) is 0 Å². The Bertz CT molecular complexity index is 566. The highest BCUT2D eigenvalue weighted by Gasteiger charge is 2.27. The average molecular weight is 287 g/mol. The van der Waals surface area contributed by atoms with Crippen LogP contribution in [0.1, 0.15) is 29.1 Å². The van der Waals surface area contributed by atoms with Crippen LogP contribution in [0.15, 0.2) is 10.6 Å². The predicted octanol–water partition coefficient (Wildman–Crippen LogP) is 0.137. The number of likely N-dealkylation sites (tertiary alicyclic amines) is 1. The number of carbonyl (C=O) groups is 1. The smallest absolute Gasteiger partial charge is 0.292 e. The fourth-order valence-electron chi connectivity index (χ4n) is 2.18. The quantitative estimate of drug-likeness (QED) is 0.853. The Hall–Kier alpha value is -1.41. The lowest BCUT2D eigenvalue weighted by atomic mass is 10.1. The Kier molecular flexibility index (Phi) is 3.91. The summed E-state index contributed by atoms with van der Waals surface area (Å²) in [6, 6.07) is 1.34. The van der Waals surface area contributed by atoms with Gasteiger partial charge in [0.1, 0.15) is 0 Å². The summed E-state index contributed by atoms with van der Waals surface area (Å²) in [7, 11) is -3.26. The number of nitrogens with one attached hydrogen (secondary N) is 1. The summed E-state index contributed by atoms with van der Waals surface area (Å²) in [5, 5.41) is 3.68. The second-order valence-electron chi connectivity index (χ2n) is 4.81. The summed E-state index contributed by atoms with van der Waals surface area (Å²) in [5.74, 6) is -0.0573. The maximum atomic E-state index is 12.1. The number of aryl methyl sites for hydroxylation is 1. The molecule has 1 aromatic rings. The third kappa shape index (κ3) is 3.77. The fourth-order valence-corrected chi connectivity index (χ4v) is 2.98. The van der Waals surface area contributed by atoms with E-state index in [2.05, 4.69) is 9.88 Å². The molecule has 1 aliphatic rings. The number of rotatable bonds is 3. The van der Waals surface area contributed by atoms with E-state index in [1.54, 1.807) is 17.9 Å². The molecule has 0 unspecified atom stereocenters. The standard InChI is InChI=1S/C11H17N3O4S/c1-8-6-10(18-12-8)11(15)14-5-3-4-9(7-14)13-19(2,16)17/h6,9,13H,3-5,7H2,1-2H3/t9-/m0/s1. The van der Waals surface area contributed by atoms with Crippen LogP contribution in [0, 0.1) is 6.92 Å². The van der Waals surface area contributed by atoms with Crippen molar-refractivity contribution in [3.8, 4) is 0 Å². The summed E-state index contributed by atoms with van der Waals surface area (Å²) in [6.45, 7) is 2.69. The van der Waals surface area contributed by atoms with Crippen molar-refractivity contribution in [3.05, 3.63) is 17.5 Å². The highest BCUT2D eigenvalue weighted by molar-refractivity contribution is 7.88. The van der Waals surface area contributed by atoms with Gasteiger partial charge in [-0.3, -0.25) is 4.79 Å². The van der Waals surface area contributed by atoms with Crippen molar-refractivity contribution in [3.63, 3.8) is 0 Å². The largest absolute Gasteiger partial charge is 0.351 e. The molecule has 1 N–H and O–H groups in total. The number of piperidine rings is 1. The Morgan fingerprint density at radius 2 is 2.32 bits per heavy atom. The molecule has 0 spiro atoms. The predicted molar refractivity (Wildman–Crippen MR) is 68.1 cm³/mol. The van der Waals surface area contributed by atoms with Gasteiger partial charge in [0.05, 0.1) is 11.9 Å². The maximum Gasteiger partial charge on any atom is 0.292 e. The molecule has 0 aliphatic carbocycles. The molecule has 1 aliphatic heterocycles. The molecule has 1 saturated heterocycles. The molecule has 2 rings (SSSR count). The molecule has 0 bridgehead atoms. The lowest BCUT2D eigenvalue weighted by molar-refractivity contribution is 0.0661. The first-order valence-corrected chi connectivity index (χ1v) is 7.94. The van der Waals surface area contributed by atoms with E-state index in [1.165, 1.54) is 0 Å².